The number of amides is 1. The van der Waals surface area contributed by atoms with Gasteiger partial charge in [0.2, 0.25) is 0 Å². The van der Waals surface area contributed by atoms with Crippen LogP contribution in [0.5, 0.6) is 0 Å². The second-order valence-electron chi connectivity index (χ2n) is 7.53. The minimum atomic E-state index is -0.496. The first-order chi connectivity index (χ1) is 10.1. The topological polar surface area (TPSA) is 74.8 Å². The third kappa shape index (κ3) is 8.74. The first-order valence-electron chi connectivity index (χ1n) is 8.14. The Bertz CT molecular complexity index is 395. The van der Waals surface area contributed by atoms with E-state index in [1.807, 2.05) is 41.5 Å². The van der Waals surface area contributed by atoms with E-state index in [0.717, 1.165) is 25.0 Å². The van der Waals surface area contributed by atoms with Gasteiger partial charge in [-0.25, -0.2) is 4.79 Å². The highest BCUT2D eigenvalue weighted by molar-refractivity contribution is 5.79. The summed E-state index contributed by atoms with van der Waals surface area (Å²) in [5.74, 6) is 1.59. The second-order valence-corrected chi connectivity index (χ2v) is 7.53. The molecule has 1 rings (SSSR count). The lowest BCUT2D eigenvalue weighted by molar-refractivity contribution is 0.0476. The van der Waals surface area contributed by atoms with Crippen molar-refractivity contribution in [3.63, 3.8) is 0 Å². The van der Waals surface area contributed by atoms with Gasteiger partial charge < -0.3 is 20.7 Å². The zero-order valence-electron chi connectivity index (χ0n) is 14.9. The van der Waals surface area contributed by atoms with Gasteiger partial charge in [0.25, 0.3) is 0 Å². The minimum absolute atomic E-state index is 0.413. The van der Waals surface area contributed by atoms with E-state index in [1.54, 1.807) is 0 Å². The monoisotopic (exact) mass is 312 g/mol. The molecule has 1 amide bonds. The van der Waals surface area contributed by atoms with Crippen molar-refractivity contribution >= 4 is 12.1 Å². The zero-order chi connectivity index (χ0) is 16.8. The van der Waals surface area contributed by atoms with Gasteiger partial charge in [0.15, 0.2) is 5.96 Å². The summed E-state index contributed by atoms with van der Waals surface area (Å²) in [6.45, 7) is 13.7. The molecule has 0 heterocycles. The Hall–Kier alpha value is -1.46. The van der Waals surface area contributed by atoms with Gasteiger partial charge in [0.1, 0.15) is 5.60 Å². The summed E-state index contributed by atoms with van der Waals surface area (Å²) >= 11 is 0. The van der Waals surface area contributed by atoms with Crippen LogP contribution in [-0.2, 0) is 4.74 Å². The molecule has 1 aliphatic rings. The third-order valence-electron chi connectivity index (χ3n) is 3.07. The highest BCUT2D eigenvalue weighted by Gasteiger charge is 2.25. The summed E-state index contributed by atoms with van der Waals surface area (Å²) < 4.78 is 5.29. The van der Waals surface area contributed by atoms with Crippen molar-refractivity contribution in [3.8, 4) is 0 Å². The van der Waals surface area contributed by atoms with Crippen molar-refractivity contribution in [2.24, 2.45) is 10.9 Å². The number of nitrogens with zero attached hydrogens (tertiary/aromatic N) is 1. The van der Waals surface area contributed by atoms with Crippen LogP contribution in [0.25, 0.3) is 0 Å². The molecule has 6 nitrogen and oxygen atoms in total. The van der Waals surface area contributed by atoms with Crippen molar-refractivity contribution in [2.45, 2.75) is 65.5 Å². The first kappa shape index (κ1) is 18.6. The molecule has 0 aromatic heterocycles. The molecule has 0 aliphatic heterocycles. The van der Waals surface area contributed by atoms with Crippen molar-refractivity contribution in [2.75, 3.05) is 19.6 Å². The number of carbonyl (C=O) groups excluding carboxylic acids is 1. The van der Waals surface area contributed by atoms with Crippen LogP contribution in [0.1, 0.15) is 54.4 Å². The van der Waals surface area contributed by atoms with Gasteiger partial charge in [-0.05, 0) is 60.3 Å². The van der Waals surface area contributed by atoms with Crippen LogP contribution in [0.4, 0.5) is 4.79 Å². The van der Waals surface area contributed by atoms with Crippen molar-refractivity contribution < 1.29 is 9.53 Å². The van der Waals surface area contributed by atoms with E-state index >= 15 is 0 Å². The van der Waals surface area contributed by atoms with Gasteiger partial charge in [0.05, 0.1) is 12.1 Å². The van der Waals surface area contributed by atoms with Crippen LogP contribution in [0.15, 0.2) is 4.99 Å². The predicted molar refractivity (Wildman–Crippen MR) is 90.2 cm³/mol. The number of guanidine groups is 1. The number of nitrogens with one attached hydrogen (secondary N) is 3. The quantitative estimate of drug-likeness (QED) is 0.519. The highest BCUT2D eigenvalue weighted by atomic mass is 16.6. The van der Waals surface area contributed by atoms with E-state index in [2.05, 4.69) is 20.9 Å². The van der Waals surface area contributed by atoms with E-state index in [-0.39, 0.29) is 0 Å². The maximum absolute atomic E-state index is 11.9. The molecule has 1 saturated carbocycles. The lowest BCUT2D eigenvalue weighted by Crippen LogP contribution is -2.49. The maximum Gasteiger partial charge on any atom is 0.408 e. The molecule has 22 heavy (non-hydrogen) atoms. The highest BCUT2D eigenvalue weighted by Crippen LogP contribution is 2.27. The van der Waals surface area contributed by atoms with Gasteiger partial charge in [-0.15, -0.1) is 0 Å². The number of alkyl carbamates (subject to hydrolysis) is 1. The van der Waals surface area contributed by atoms with Crippen LogP contribution >= 0.6 is 0 Å². The van der Waals surface area contributed by atoms with E-state index in [0.29, 0.717) is 6.54 Å². The van der Waals surface area contributed by atoms with Gasteiger partial charge in [0, 0.05) is 13.1 Å². The maximum atomic E-state index is 11.9. The molecular formula is C16H32N4O2. The van der Waals surface area contributed by atoms with Gasteiger partial charge in [-0.3, -0.25) is 4.99 Å². The number of ether oxygens (including phenoxy) is 1. The van der Waals surface area contributed by atoms with E-state index < -0.39 is 17.2 Å². The molecule has 0 unspecified atom stereocenters. The Morgan fingerprint density at radius 2 is 1.82 bits per heavy atom. The molecule has 128 valence electrons. The molecule has 0 radical (unpaired) electrons. The minimum Gasteiger partial charge on any atom is -0.444 e. The normalized spacial score (nSPS) is 16.2. The van der Waals surface area contributed by atoms with Crippen molar-refractivity contribution in [1.29, 1.82) is 0 Å². The lowest BCUT2D eigenvalue weighted by atomic mass is 10.1. The average molecular weight is 312 g/mol. The smallest absolute Gasteiger partial charge is 0.408 e. The molecule has 1 aliphatic carbocycles. The molecule has 1 fully saturated rings. The molecule has 0 bridgehead atoms. The number of aliphatic imine (C=N–C) groups is 1. The SMILES string of the molecule is CCNC(=NCC(C)(C)NC(=O)OC(C)(C)C)NCC1CC1. The van der Waals surface area contributed by atoms with Crippen LogP contribution in [0, 0.1) is 5.92 Å². The molecule has 3 N–H and O–H groups in total. The first-order valence-corrected chi connectivity index (χ1v) is 8.14. The molecule has 0 aromatic carbocycles. The molecule has 0 aromatic rings. The molecule has 0 atom stereocenters. The second kappa shape index (κ2) is 7.70. The Labute approximate surface area is 134 Å². The van der Waals surface area contributed by atoms with Crippen molar-refractivity contribution in [1.82, 2.24) is 16.0 Å². The summed E-state index contributed by atoms with van der Waals surface area (Å²) in [5, 5.41) is 9.43. The summed E-state index contributed by atoms with van der Waals surface area (Å²) in [6, 6.07) is 0. The summed E-state index contributed by atoms with van der Waals surface area (Å²) in [4.78, 5) is 16.4. The van der Waals surface area contributed by atoms with Crippen molar-refractivity contribution in [3.05, 3.63) is 0 Å². The fourth-order valence-corrected chi connectivity index (χ4v) is 1.80. The van der Waals surface area contributed by atoms with E-state index in [1.165, 1.54) is 12.8 Å². The van der Waals surface area contributed by atoms with Crippen LogP contribution in [0.2, 0.25) is 0 Å². The third-order valence-corrected chi connectivity index (χ3v) is 3.07. The summed E-state index contributed by atoms with van der Waals surface area (Å²) in [5.41, 5.74) is -0.964. The zero-order valence-corrected chi connectivity index (χ0v) is 14.9. The van der Waals surface area contributed by atoms with Crippen LogP contribution in [-0.4, -0.2) is 42.8 Å². The standard InChI is InChI=1S/C16H32N4O2/c1-7-17-13(18-10-12-8-9-12)19-11-16(5,6)20-14(21)22-15(2,3)4/h12H,7-11H2,1-6H3,(H,20,21)(H2,17,18,19). The Kier molecular flexibility index (Phi) is 6.50. The Morgan fingerprint density at radius 3 is 2.32 bits per heavy atom. The van der Waals surface area contributed by atoms with E-state index in [9.17, 15) is 4.79 Å². The van der Waals surface area contributed by atoms with Gasteiger partial charge >= 0.3 is 6.09 Å². The summed E-state index contributed by atoms with van der Waals surface area (Å²) in [7, 11) is 0. The molecule has 0 saturated heterocycles. The fourth-order valence-electron chi connectivity index (χ4n) is 1.80. The number of carbonyl (C=O) groups is 1. The van der Waals surface area contributed by atoms with Gasteiger partial charge in [-0.2, -0.15) is 0 Å². The average Bonchev–Trinajstić information content (AvgIpc) is 3.13. The molecular weight excluding hydrogens is 280 g/mol. The van der Waals surface area contributed by atoms with Gasteiger partial charge in [-0.1, -0.05) is 0 Å². The lowest BCUT2D eigenvalue weighted by Gasteiger charge is -2.27. The Morgan fingerprint density at radius 1 is 1.18 bits per heavy atom. The largest absolute Gasteiger partial charge is 0.444 e. The molecule has 0 spiro atoms. The number of hydrogen-bond acceptors (Lipinski definition) is 3. The fraction of sp³-hybridized carbons (Fsp3) is 0.875. The predicted octanol–water partition coefficient (Wildman–Crippen LogP) is 2.25. The molecule has 6 heteroatoms. The number of rotatable bonds is 6. The van der Waals surface area contributed by atoms with E-state index in [4.69, 9.17) is 4.74 Å². The van der Waals surface area contributed by atoms with Crippen LogP contribution < -0.4 is 16.0 Å². The number of hydrogen-bond donors (Lipinski definition) is 3. The van der Waals surface area contributed by atoms with Crippen LogP contribution in [0.3, 0.4) is 0 Å². The Balaban J connectivity index is 2.47. The summed E-state index contributed by atoms with van der Waals surface area (Å²) in [6.07, 6.45) is 2.19.